The van der Waals surface area contributed by atoms with Crippen LogP contribution >= 0.6 is 0 Å². The molecular formula is C17H18N8O4. The summed E-state index contributed by atoms with van der Waals surface area (Å²) in [7, 11) is 2.74. The Hall–Kier alpha value is -4.09. The number of aromatic nitrogens is 6. The largest absolute Gasteiger partial charge is 0.480 e. The van der Waals surface area contributed by atoms with Gasteiger partial charge in [-0.25, -0.2) is 19.7 Å². The summed E-state index contributed by atoms with van der Waals surface area (Å²) in [6, 6.07) is 5.43. The van der Waals surface area contributed by atoms with Gasteiger partial charge in [-0.15, -0.1) is 4.98 Å². The monoisotopic (exact) mass is 398 g/mol. The molecule has 12 heteroatoms. The average Bonchev–Trinajstić information content (AvgIpc) is 2.75. The Morgan fingerprint density at radius 3 is 2.14 bits per heavy atom. The van der Waals surface area contributed by atoms with E-state index in [1.807, 2.05) is 0 Å². The number of methoxy groups -OCH3 is 2. The molecule has 12 nitrogen and oxygen atoms in total. The van der Waals surface area contributed by atoms with Gasteiger partial charge in [0.25, 0.3) is 0 Å². The van der Waals surface area contributed by atoms with Crippen LogP contribution in [0.3, 0.4) is 0 Å². The van der Waals surface area contributed by atoms with E-state index in [0.29, 0.717) is 11.3 Å². The van der Waals surface area contributed by atoms with Gasteiger partial charge < -0.3 is 25.6 Å². The second-order valence-electron chi connectivity index (χ2n) is 5.73. The summed E-state index contributed by atoms with van der Waals surface area (Å²) < 4.78 is 10.0. The van der Waals surface area contributed by atoms with Crippen molar-refractivity contribution in [3.63, 3.8) is 0 Å². The highest BCUT2D eigenvalue weighted by Gasteiger charge is 2.34. The molecule has 2 aromatic heterocycles. The number of rotatable bonds is 8. The molecular weight excluding hydrogens is 380 g/mol. The molecule has 0 bridgehead atoms. The van der Waals surface area contributed by atoms with Crippen LogP contribution < -0.4 is 20.5 Å². The number of nitrogens with zero attached hydrogens (tertiary/aromatic N) is 6. The molecule has 0 saturated heterocycles. The Bertz CT molecular complexity index is 949. The van der Waals surface area contributed by atoms with Gasteiger partial charge in [0.1, 0.15) is 24.5 Å². The Labute approximate surface area is 165 Å². The molecule has 3 aromatic rings. The van der Waals surface area contributed by atoms with Crippen LogP contribution in [0.2, 0.25) is 0 Å². The zero-order valence-electron chi connectivity index (χ0n) is 15.6. The number of nitrogens with one attached hydrogen (secondary N) is 1. The number of hydrogen-bond donors (Lipinski definition) is 3. The number of aliphatic carboxylic acids is 1. The number of hydrogen-bond acceptors (Lipinski definition) is 11. The molecule has 2 unspecified atom stereocenters. The van der Waals surface area contributed by atoms with E-state index >= 15 is 0 Å². The fourth-order valence-electron chi connectivity index (χ4n) is 2.61. The van der Waals surface area contributed by atoms with Crippen molar-refractivity contribution in [2.75, 3.05) is 25.3 Å². The predicted octanol–water partition coefficient (Wildman–Crippen LogP) is 0.353. The standard InChI is InChI=1S/C17H18N8O4/c1-28-16-23-15(24-17(25-16)29-2)22-12(14(26)27)11(13-20-7-19-8-21-13)9-3-5-10(18)6-4-9/h3-8,11-12H,18H2,1-2H3,(H,26,27)(H,22,23,24,25). The normalized spacial score (nSPS) is 12.6. The van der Waals surface area contributed by atoms with Crippen molar-refractivity contribution in [1.82, 2.24) is 29.9 Å². The predicted molar refractivity (Wildman–Crippen MR) is 101 cm³/mol. The maximum Gasteiger partial charge on any atom is 0.327 e. The van der Waals surface area contributed by atoms with Crippen molar-refractivity contribution in [2.24, 2.45) is 0 Å². The topological polar surface area (TPSA) is 171 Å². The molecule has 2 atom stereocenters. The van der Waals surface area contributed by atoms with E-state index in [2.05, 4.69) is 35.2 Å². The lowest BCUT2D eigenvalue weighted by Crippen LogP contribution is -2.37. The minimum atomic E-state index is -1.24. The maximum absolute atomic E-state index is 12.2. The van der Waals surface area contributed by atoms with Gasteiger partial charge in [-0.05, 0) is 17.7 Å². The summed E-state index contributed by atoms with van der Waals surface area (Å²) in [4.78, 5) is 36.2. The highest BCUT2D eigenvalue weighted by atomic mass is 16.5. The zero-order chi connectivity index (χ0) is 20.8. The van der Waals surface area contributed by atoms with E-state index in [-0.39, 0.29) is 23.8 Å². The summed E-state index contributed by atoms with van der Waals surface area (Å²) in [6.45, 7) is 0. The third-order valence-electron chi connectivity index (χ3n) is 3.93. The van der Waals surface area contributed by atoms with Crippen LogP contribution in [0.15, 0.2) is 36.9 Å². The molecule has 0 radical (unpaired) electrons. The SMILES string of the molecule is COc1nc(NC(C(=O)O)C(c2ccc(N)cc2)c2ncncn2)nc(OC)n1. The summed E-state index contributed by atoms with van der Waals surface area (Å²) in [5.41, 5.74) is 6.92. The van der Waals surface area contributed by atoms with Crippen LogP contribution in [0.1, 0.15) is 17.3 Å². The minimum absolute atomic E-state index is 0.0346. The summed E-state index contributed by atoms with van der Waals surface area (Å²) >= 11 is 0. The lowest BCUT2D eigenvalue weighted by atomic mass is 9.90. The van der Waals surface area contributed by atoms with Gasteiger partial charge >= 0.3 is 18.0 Å². The number of nitrogens with two attached hydrogens (primary N) is 1. The first-order valence-electron chi connectivity index (χ1n) is 8.32. The molecule has 0 fully saturated rings. The smallest absolute Gasteiger partial charge is 0.327 e. The average molecular weight is 398 g/mol. The van der Waals surface area contributed by atoms with Crippen molar-refractivity contribution in [3.8, 4) is 12.0 Å². The second-order valence-corrected chi connectivity index (χ2v) is 5.73. The molecule has 0 aliphatic heterocycles. The third-order valence-corrected chi connectivity index (χ3v) is 3.93. The van der Waals surface area contributed by atoms with Gasteiger partial charge in [0.2, 0.25) is 5.95 Å². The number of nitrogen functional groups attached to an aromatic ring is 1. The highest BCUT2D eigenvalue weighted by Crippen LogP contribution is 2.28. The van der Waals surface area contributed by atoms with Gasteiger partial charge in [-0.2, -0.15) is 9.97 Å². The molecule has 0 aliphatic rings. The van der Waals surface area contributed by atoms with Crippen molar-refractivity contribution in [2.45, 2.75) is 12.0 Å². The molecule has 4 N–H and O–H groups in total. The molecule has 0 amide bonds. The first-order chi connectivity index (χ1) is 14.0. The van der Waals surface area contributed by atoms with Crippen LogP contribution in [0, 0.1) is 0 Å². The maximum atomic E-state index is 12.2. The molecule has 150 valence electrons. The second kappa shape index (κ2) is 8.73. The Morgan fingerprint density at radius 2 is 1.62 bits per heavy atom. The van der Waals surface area contributed by atoms with Crippen LogP contribution in [-0.4, -0.2) is 61.2 Å². The molecule has 1 aromatic carbocycles. The van der Waals surface area contributed by atoms with Crippen molar-refractivity contribution < 1.29 is 19.4 Å². The van der Waals surface area contributed by atoms with Crippen molar-refractivity contribution >= 4 is 17.6 Å². The van der Waals surface area contributed by atoms with Crippen LogP contribution in [0.25, 0.3) is 0 Å². The van der Waals surface area contributed by atoms with Gasteiger partial charge in [0, 0.05) is 5.69 Å². The summed E-state index contributed by atoms with van der Waals surface area (Å²) in [5.74, 6) is -1.77. The van der Waals surface area contributed by atoms with Crippen LogP contribution in [0.5, 0.6) is 12.0 Å². The van der Waals surface area contributed by atoms with Gasteiger partial charge in [-0.3, -0.25) is 0 Å². The summed E-state index contributed by atoms with van der Waals surface area (Å²) in [6.07, 6.45) is 2.58. The third kappa shape index (κ3) is 4.61. The van der Waals surface area contributed by atoms with E-state index < -0.39 is 17.9 Å². The van der Waals surface area contributed by atoms with Crippen LogP contribution in [0.4, 0.5) is 11.6 Å². The molecule has 3 rings (SSSR count). The molecule has 2 heterocycles. The van der Waals surface area contributed by atoms with Gasteiger partial charge in [0.05, 0.1) is 20.1 Å². The molecule has 0 saturated carbocycles. The number of anilines is 2. The zero-order valence-corrected chi connectivity index (χ0v) is 15.6. The van der Waals surface area contributed by atoms with Crippen molar-refractivity contribution in [1.29, 1.82) is 0 Å². The van der Waals surface area contributed by atoms with E-state index in [9.17, 15) is 9.90 Å². The van der Waals surface area contributed by atoms with Gasteiger partial charge in [-0.1, -0.05) is 12.1 Å². The van der Waals surface area contributed by atoms with E-state index in [1.165, 1.54) is 26.9 Å². The number of carboxylic acids is 1. The fraction of sp³-hybridized carbons (Fsp3) is 0.235. The Morgan fingerprint density at radius 1 is 1.03 bits per heavy atom. The fourth-order valence-corrected chi connectivity index (χ4v) is 2.61. The Kier molecular flexibility index (Phi) is 5.92. The molecule has 29 heavy (non-hydrogen) atoms. The highest BCUT2D eigenvalue weighted by molar-refractivity contribution is 5.79. The Balaban J connectivity index is 2.05. The number of carboxylic acid groups (broad SMARTS) is 1. The molecule has 0 aliphatic carbocycles. The van der Waals surface area contributed by atoms with Crippen LogP contribution in [-0.2, 0) is 4.79 Å². The summed E-state index contributed by atoms with van der Waals surface area (Å²) in [5, 5.41) is 12.7. The van der Waals surface area contributed by atoms with Crippen molar-refractivity contribution in [3.05, 3.63) is 48.3 Å². The molecule has 0 spiro atoms. The van der Waals surface area contributed by atoms with E-state index in [4.69, 9.17) is 15.2 Å². The lowest BCUT2D eigenvalue weighted by molar-refractivity contribution is -0.138. The quantitative estimate of drug-likeness (QED) is 0.445. The van der Waals surface area contributed by atoms with Gasteiger partial charge in [0.15, 0.2) is 0 Å². The minimum Gasteiger partial charge on any atom is -0.480 e. The number of benzene rings is 1. The number of ether oxygens (including phenoxy) is 2. The lowest BCUT2D eigenvalue weighted by Gasteiger charge is -2.24. The first kappa shape index (κ1) is 19.7. The first-order valence-corrected chi connectivity index (χ1v) is 8.32. The van der Waals surface area contributed by atoms with E-state index in [0.717, 1.165) is 0 Å². The van der Waals surface area contributed by atoms with E-state index in [1.54, 1.807) is 24.3 Å². The number of carbonyl (C=O) groups is 1.